The van der Waals surface area contributed by atoms with Crippen LogP contribution in [0.5, 0.6) is 0 Å². The first-order chi connectivity index (χ1) is 7.81. The van der Waals surface area contributed by atoms with Crippen LogP contribution in [-0.4, -0.2) is 33.4 Å². The van der Waals surface area contributed by atoms with Gasteiger partial charge in [-0.05, 0) is 18.6 Å². The number of methoxy groups -OCH3 is 1. The Kier molecular flexibility index (Phi) is 3.80. The van der Waals surface area contributed by atoms with Gasteiger partial charge in [0.15, 0.2) is 0 Å². The second kappa shape index (κ2) is 5.32. The summed E-state index contributed by atoms with van der Waals surface area (Å²) in [5, 5.41) is 3.45. The van der Waals surface area contributed by atoms with Gasteiger partial charge in [-0.2, -0.15) is 0 Å². The van der Waals surface area contributed by atoms with Gasteiger partial charge in [-0.25, -0.2) is 0 Å². The fraction of sp³-hybridized carbons (Fsp3) is 0.538. The zero-order valence-electron chi connectivity index (χ0n) is 10.1. The Morgan fingerprint density at radius 2 is 2.31 bits per heavy atom. The minimum atomic E-state index is 0.785. The van der Waals surface area contributed by atoms with Crippen LogP contribution in [0.3, 0.4) is 0 Å². The third-order valence-electron chi connectivity index (χ3n) is 3.01. The normalized spacial score (nSPS) is 15.8. The molecule has 0 amide bonds. The van der Waals surface area contributed by atoms with Gasteiger partial charge in [0.2, 0.25) is 0 Å². The van der Waals surface area contributed by atoms with Crippen LogP contribution in [-0.2, 0) is 11.3 Å². The van der Waals surface area contributed by atoms with E-state index in [0.29, 0.717) is 0 Å². The molecule has 0 atom stereocenters. The Bertz CT molecular complexity index is 352. The molecule has 1 aliphatic rings. The van der Waals surface area contributed by atoms with Crippen molar-refractivity contribution in [2.45, 2.75) is 13.5 Å². The van der Waals surface area contributed by atoms with Gasteiger partial charge in [-0.15, -0.1) is 0 Å². The molecule has 2 rings (SSSR count). The average molecular weight is 220 g/mol. The van der Waals surface area contributed by atoms with Crippen molar-refractivity contribution < 1.29 is 4.74 Å². The maximum absolute atomic E-state index is 5.16. The van der Waals surface area contributed by atoms with Gasteiger partial charge in [0.25, 0.3) is 0 Å². The number of anilines is 1. The fourth-order valence-electron chi connectivity index (χ4n) is 2.16. The monoisotopic (exact) mass is 220 g/mol. The van der Waals surface area contributed by atoms with E-state index < -0.39 is 0 Å². The fourth-order valence-corrected chi connectivity index (χ4v) is 2.16. The van der Waals surface area contributed by atoms with Crippen molar-refractivity contribution in [3.05, 3.63) is 29.3 Å². The summed E-state index contributed by atoms with van der Waals surface area (Å²) in [4.78, 5) is 2.40. The molecule has 0 saturated carbocycles. The molecule has 88 valence electrons. The minimum Gasteiger partial charge on any atom is -0.383 e. The lowest BCUT2D eigenvalue weighted by molar-refractivity contribution is 0.205. The highest BCUT2D eigenvalue weighted by atomic mass is 16.5. The van der Waals surface area contributed by atoms with Crippen molar-refractivity contribution in [1.29, 1.82) is 0 Å². The highest BCUT2D eigenvalue weighted by molar-refractivity contribution is 5.55. The highest BCUT2D eigenvalue weighted by Gasteiger charge is 2.14. The molecule has 0 radical (unpaired) electrons. The number of fused-ring (bicyclic) bond motifs is 1. The molecular weight excluding hydrogens is 200 g/mol. The lowest BCUT2D eigenvalue weighted by Gasteiger charge is -2.24. The number of ether oxygens (including phenoxy) is 1. The zero-order valence-corrected chi connectivity index (χ0v) is 10.1. The first-order valence-corrected chi connectivity index (χ1v) is 5.85. The number of benzene rings is 1. The first-order valence-electron chi connectivity index (χ1n) is 5.85. The smallest absolute Gasteiger partial charge is 0.0637 e. The molecule has 1 aliphatic heterocycles. The standard InChI is InChI=1S/C13H20N2O/c1-11-3-4-13-12(9-11)10-14-5-6-15(13)7-8-16-2/h3-4,9,14H,5-8,10H2,1-2H3. The lowest BCUT2D eigenvalue weighted by Crippen LogP contribution is -2.31. The van der Waals surface area contributed by atoms with Crippen molar-refractivity contribution in [2.24, 2.45) is 0 Å². The average Bonchev–Trinajstić information content (AvgIpc) is 2.48. The summed E-state index contributed by atoms with van der Waals surface area (Å²) in [5.41, 5.74) is 4.08. The van der Waals surface area contributed by atoms with E-state index in [2.05, 4.69) is 35.3 Å². The molecule has 0 aliphatic carbocycles. The molecule has 1 aromatic carbocycles. The predicted molar refractivity (Wildman–Crippen MR) is 67.0 cm³/mol. The number of rotatable bonds is 3. The van der Waals surface area contributed by atoms with E-state index in [1.165, 1.54) is 16.8 Å². The molecule has 16 heavy (non-hydrogen) atoms. The Morgan fingerprint density at radius 1 is 1.44 bits per heavy atom. The molecular formula is C13H20N2O. The third-order valence-corrected chi connectivity index (χ3v) is 3.01. The number of aryl methyl sites for hydroxylation is 1. The number of nitrogens with zero attached hydrogens (tertiary/aromatic N) is 1. The van der Waals surface area contributed by atoms with Crippen molar-refractivity contribution in [3.8, 4) is 0 Å². The van der Waals surface area contributed by atoms with Crippen molar-refractivity contribution in [3.63, 3.8) is 0 Å². The second-order valence-corrected chi connectivity index (χ2v) is 4.29. The van der Waals surface area contributed by atoms with E-state index >= 15 is 0 Å². The highest BCUT2D eigenvalue weighted by Crippen LogP contribution is 2.23. The molecule has 1 N–H and O–H groups in total. The number of hydrogen-bond donors (Lipinski definition) is 1. The van der Waals surface area contributed by atoms with Gasteiger partial charge in [0.1, 0.15) is 0 Å². The number of nitrogens with one attached hydrogen (secondary N) is 1. The summed E-state index contributed by atoms with van der Waals surface area (Å²) < 4.78 is 5.16. The summed E-state index contributed by atoms with van der Waals surface area (Å²) in [6.07, 6.45) is 0. The molecule has 0 saturated heterocycles. The molecule has 0 aromatic heterocycles. The molecule has 3 nitrogen and oxygen atoms in total. The van der Waals surface area contributed by atoms with Crippen LogP contribution in [0.4, 0.5) is 5.69 Å². The van der Waals surface area contributed by atoms with Crippen LogP contribution in [0.25, 0.3) is 0 Å². The maximum atomic E-state index is 5.16. The summed E-state index contributed by atoms with van der Waals surface area (Å²) in [5.74, 6) is 0. The molecule has 0 spiro atoms. The Labute approximate surface area is 97.4 Å². The van der Waals surface area contributed by atoms with Crippen LogP contribution in [0, 0.1) is 6.92 Å². The molecule has 1 heterocycles. The minimum absolute atomic E-state index is 0.785. The van der Waals surface area contributed by atoms with Crippen LogP contribution in [0.1, 0.15) is 11.1 Å². The maximum Gasteiger partial charge on any atom is 0.0637 e. The zero-order chi connectivity index (χ0) is 11.4. The summed E-state index contributed by atoms with van der Waals surface area (Å²) in [6, 6.07) is 6.69. The topological polar surface area (TPSA) is 24.5 Å². The Morgan fingerprint density at radius 3 is 3.12 bits per heavy atom. The second-order valence-electron chi connectivity index (χ2n) is 4.29. The number of hydrogen-bond acceptors (Lipinski definition) is 3. The van der Waals surface area contributed by atoms with E-state index in [4.69, 9.17) is 4.74 Å². The van der Waals surface area contributed by atoms with Gasteiger partial charge in [-0.1, -0.05) is 17.7 Å². The first kappa shape index (κ1) is 11.4. The van der Waals surface area contributed by atoms with E-state index in [0.717, 1.165) is 32.8 Å². The quantitative estimate of drug-likeness (QED) is 0.836. The van der Waals surface area contributed by atoms with Crippen molar-refractivity contribution in [2.75, 3.05) is 38.3 Å². The van der Waals surface area contributed by atoms with Crippen molar-refractivity contribution >= 4 is 5.69 Å². The third kappa shape index (κ3) is 2.54. The van der Waals surface area contributed by atoms with E-state index in [-0.39, 0.29) is 0 Å². The predicted octanol–water partition coefficient (Wildman–Crippen LogP) is 1.55. The molecule has 0 bridgehead atoms. The van der Waals surface area contributed by atoms with Gasteiger partial charge in [0.05, 0.1) is 6.61 Å². The van der Waals surface area contributed by atoms with Crippen LogP contribution < -0.4 is 10.2 Å². The van der Waals surface area contributed by atoms with Gasteiger partial charge in [0, 0.05) is 39.0 Å². The Hall–Kier alpha value is -1.06. The molecule has 1 aromatic rings. The van der Waals surface area contributed by atoms with Gasteiger partial charge >= 0.3 is 0 Å². The van der Waals surface area contributed by atoms with Gasteiger partial charge < -0.3 is 15.0 Å². The molecule has 0 fully saturated rings. The van der Waals surface area contributed by atoms with E-state index in [1.807, 2.05) is 0 Å². The van der Waals surface area contributed by atoms with Crippen LogP contribution >= 0.6 is 0 Å². The molecule has 0 unspecified atom stereocenters. The summed E-state index contributed by atoms with van der Waals surface area (Å²) in [6.45, 7) is 6.96. The largest absolute Gasteiger partial charge is 0.383 e. The Balaban J connectivity index is 2.22. The van der Waals surface area contributed by atoms with E-state index in [1.54, 1.807) is 7.11 Å². The van der Waals surface area contributed by atoms with Crippen molar-refractivity contribution in [1.82, 2.24) is 5.32 Å². The van der Waals surface area contributed by atoms with Crippen LogP contribution in [0.2, 0.25) is 0 Å². The molecule has 3 heteroatoms. The van der Waals surface area contributed by atoms with Crippen LogP contribution in [0.15, 0.2) is 18.2 Å². The summed E-state index contributed by atoms with van der Waals surface area (Å²) in [7, 11) is 1.76. The lowest BCUT2D eigenvalue weighted by atomic mass is 10.1. The van der Waals surface area contributed by atoms with E-state index in [9.17, 15) is 0 Å². The SMILES string of the molecule is COCCN1CCNCc2cc(C)ccc21. The summed E-state index contributed by atoms with van der Waals surface area (Å²) >= 11 is 0. The van der Waals surface area contributed by atoms with Gasteiger partial charge in [-0.3, -0.25) is 0 Å².